The number of amides is 1. The third-order valence-corrected chi connectivity index (χ3v) is 1.68. The van der Waals surface area contributed by atoms with Crippen molar-refractivity contribution < 1.29 is 4.79 Å². The maximum absolute atomic E-state index is 10.8. The van der Waals surface area contributed by atoms with E-state index in [0.29, 0.717) is 6.42 Å². The Balaban J connectivity index is 0.000000810. The van der Waals surface area contributed by atoms with Gasteiger partial charge in [0.1, 0.15) is 0 Å². The van der Waals surface area contributed by atoms with Gasteiger partial charge in [0.15, 0.2) is 0 Å². The zero-order valence-electron chi connectivity index (χ0n) is 6.44. The molecule has 0 radical (unpaired) electrons. The van der Waals surface area contributed by atoms with E-state index in [9.17, 15) is 4.79 Å². The maximum atomic E-state index is 10.8. The Bertz CT molecular complexity index is 134. The second-order valence-electron chi connectivity index (χ2n) is 3.29. The summed E-state index contributed by atoms with van der Waals surface area (Å²) >= 11 is 0. The quantitative estimate of drug-likeness (QED) is 0.576. The van der Waals surface area contributed by atoms with Crippen molar-refractivity contribution in [2.45, 2.75) is 38.6 Å². The average molecular weight is 164 g/mol. The molecular formula is C7H14ClNO. The van der Waals surface area contributed by atoms with Gasteiger partial charge >= 0.3 is 0 Å². The summed E-state index contributed by atoms with van der Waals surface area (Å²) in [5, 5.41) is 2.92. The van der Waals surface area contributed by atoms with Crippen LogP contribution in [0.4, 0.5) is 0 Å². The van der Waals surface area contributed by atoms with Crippen LogP contribution in [-0.2, 0) is 4.79 Å². The highest BCUT2D eigenvalue weighted by atomic mass is 35.5. The van der Waals surface area contributed by atoms with E-state index in [1.807, 2.05) is 0 Å². The van der Waals surface area contributed by atoms with Crippen LogP contribution in [0.2, 0.25) is 0 Å². The molecule has 0 spiro atoms. The van der Waals surface area contributed by atoms with Crippen LogP contribution in [0.3, 0.4) is 0 Å². The molecule has 0 atom stereocenters. The van der Waals surface area contributed by atoms with Crippen LogP contribution in [0.15, 0.2) is 0 Å². The summed E-state index contributed by atoms with van der Waals surface area (Å²) in [7, 11) is 0. The highest BCUT2D eigenvalue weighted by Crippen LogP contribution is 2.17. The lowest BCUT2D eigenvalue weighted by Crippen LogP contribution is -2.46. The van der Waals surface area contributed by atoms with Crippen molar-refractivity contribution >= 4 is 18.3 Å². The molecule has 0 unspecified atom stereocenters. The van der Waals surface area contributed by atoms with E-state index in [1.165, 1.54) is 0 Å². The molecule has 2 nitrogen and oxygen atoms in total. The van der Waals surface area contributed by atoms with Crippen molar-refractivity contribution in [3.63, 3.8) is 0 Å². The first kappa shape index (κ1) is 9.76. The van der Waals surface area contributed by atoms with Gasteiger partial charge in [-0.2, -0.15) is 0 Å². The molecule has 0 aromatic carbocycles. The minimum atomic E-state index is 0. The van der Waals surface area contributed by atoms with Gasteiger partial charge in [0.2, 0.25) is 5.91 Å². The molecule has 1 fully saturated rings. The van der Waals surface area contributed by atoms with Crippen LogP contribution in [0.1, 0.15) is 33.1 Å². The second kappa shape index (κ2) is 3.24. The van der Waals surface area contributed by atoms with E-state index in [-0.39, 0.29) is 23.9 Å². The molecule has 1 rings (SSSR count). The van der Waals surface area contributed by atoms with E-state index < -0.39 is 0 Å². The molecule has 1 aliphatic rings. The van der Waals surface area contributed by atoms with Gasteiger partial charge in [-0.15, -0.1) is 12.4 Å². The van der Waals surface area contributed by atoms with E-state index in [0.717, 1.165) is 12.8 Å². The van der Waals surface area contributed by atoms with Gasteiger partial charge in [-0.3, -0.25) is 4.79 Å². The third kappa shape index (κ3) is 2.56. The van der Waals surface area contributed by atoms with Gasteiger partial charge < -0.3 is 5.32 Å². The molecule has 0 bridgehead atoms. The number of carbonyl (C=O) groups excluding carboxylic acids is 1. The van der Waals surface area contributed by atoms with Crippen LogP contribution in [0.5, 0.6) is 0 Å². The lowest BCUT2D eigenvalue weighted by Gasteiger charge is -2.30. The van der Waals surface area contributed by atoms with E-state index in [1.54, 1.807) is 0 Å². The Morgan fingerprint density at radius 2 is 2.10 bits per heavy atom. The highest BCUT2D eigenvalue weighted by Gasteiger charge is 2.24. The van der Waals surface area contributed by atoms with Crippen LogP contribution < -0.4 is 5.32 Å². The Morgan fingerprint density at radius 1 is 1.50 bits per heavy atom. The smallest absolute Gasteiger partial charge is 0.220 e. The van der Waals surface area contributed by atoms with Crippen molar-refractivity contribution in [3.05, 3.63) is 0 Å². The fourth-order valence-corrected chi connectivity index (χ4v) is 1.19. The first-order valence-electron chi connectivity index (χ1n) is 3.41. The second-order valence-corrected chi connectivity index (χ2v) is 3.29. The molecule has 0 aromatic heterocycles. The van der Waals surface area contributed by atoms with E-state index >= 15 is 0 Å². The minimum absolute atomic E-state index is 0. The van der Waals surface area contributed by atoms with Crippen molar-refractivity contribution in [3.8, 4) is 0 Å². The Labute approximate surface area is 67.8 Å². The van der Waals surface area contributed by atoms with Crippen molar-refractivity contribution in [2.75, 3.05) is 0 Å². The number of hydrogen-bond acceptors (Lipinski definition) is 1. The third-order valence-electron chi connectivity index (χ3n) is 1.68. The molecule has 0 saturated carbocycles. The SMILES string of the molecule is CC1(C)CCCC(=O)N1.Cl. The molecule has 1 N–H and O–H groups in total. The number of hydrogen-bond donors (Lipinski definition) is 1. The zero-order valence-corrected chi connectivity index (χ0v) is 7.25. The predicted molar refractivity (Wildman–Crippen MR) is 43.3 cm³/mol. The lowest BCUT2D eigenvalue weighted by molar-refractivity contribution is -0.124. The molecule has 1 amide bonds. The van der Waals surface area contributed by atoms with Crippen molar-refractivity contribution in [2.24, 2.45) is 0 Å². The molecule has 10 heavy (non-hydrogen) atoms. The van der Waals surface area contributed by atoms with Crippen LogP contribution >= 0.6 is 12.4 Å². The summed E-state index contributed by atoms with van der Waals surface area (Å²) < 4.78 is 0. The van der Waals surface area contributed by atoms with Gasteiger partial charge in [-0.25, -0.2) is 0 Å². The summed E-state index contributed by atoms with van der Waals surface area (Å²) in [5.41, 5.74) is 0.0509. The van der Waals surface area contributed by atoms with Gasteiger partial charge in [0.25, 0.3) is 0 Å². The monoisotopic (exact) mass is 163 g/mol. The molecule has 60 valence electrons. The predicted octanol–water partition coefficient (Wildman–Crippen LogP) is 1.49. The van der Waals surface area contributed by atoms with Crippen molar-refractivity contribution in [1.82, 2.24) is 5.32 Å². The fraction of sp³-hybridized carbons (Fsp3) is 0.857. The average Bonchev–Trinajstić information content (AvgIpc) is 1.60. The zero-order chi connectivity index (χ0) is 6.91. The maximum Gasteiger partial charge on any atom is 0.220 e. The van der Waals surface area contributed by atoms with Gasteiger partial charge in [-0.1, -0.05) is 0 Å². The van der Waals surface area contributed by atoms with Crippen LogP contribution in [-0.4, -0.2) is 11.4 Å². The number of piperidine rings is 1. The Kier molecular flexibility index (Phi) is 3.16. The minimum Gasteiger partial charge on any atom is -0.351 e. The van der Waals surface area contributed by atoms with E-state index in [4.69, 9.17) is 0 Å². The summed E-state index contributed by atoms with van der Waals surface area (Å²) in [4.78, 5) is 10.8. The normalized spacial score (nSPS) is 22.8. The first-order valence-corrected chi connectivity index (χ1v) is 3.41. The summed E-state index contributed by atoms with van der Waals surface area (Å²) in [5.74, 6) is 0.200. The van der Waals surface area contributed by atoms with Gasteiger partial charge in [0, 0.05) is 12.0 Å². The lowest BCUT2D eigenvalue weighted by atomic mass is 9.93. The Morgan fingerprint density at radius 3 is 2.40 bits per heavy atom. The molecule has 0 aromatic rings. The standard InChI is InChI=1S/C7H13NO.ClH/c1-7(2)5-3-4-6(9)8-7;/h3-5H2,1-2H3,(H,8,9);1H. The number of rotatable bonds is 0. The highest BCUT2D eigenvalue weighted by molar-refractivity contribution is 5.85. The summed E-state index contributed by atoms with van der Waals surface area (Å²) in [6, 6.07) is 0. The molecule has 1 aliphatic heterocycles. The largest absolute Gasteiger partial charge is 0.351 e. The molecule has 1 saturated heterocycles. The molecule has 1 heterocycles. The number of nitrogens with one attached hydrogen (secondary N) is 1. The number of halogens is 1. The van der Waals surface area contributed by atoms with Gasteiger partial charge in [0.05, 0.1) is 0 Å². The summed E-state index contributed by atoms with van der Waals surface area (Å²) in [6.07, 6.45) is 2.86. The molecule has 3 heteroatoms. The molecular weight excluding hydrogens is 150 g/mol. The van der Waals surface area contributed by atoms with Gasteiger partial charge in [-0.05, 0) is 26.7 Å². The van der Waals surface area contributed by atoms with Crippen LogP contribution in [0, 0.1) is 0 Å². The van der Waals surface area contributed by atoms with Crippen molar-refractivity contribution in [1.29, 1.82) is 0 Å². The molecule has 0 aliphatic carbocycles. The Hall–Kier alpha value is -0.240. The first-order chi connectivity index (χ1) is 4.10. The summed E-state index contributed by atoms with van der Waals surface area (Å²) in [6.45, 7) is 4.12. The topological polar surface area (TPSA) is 29.1 Å². The van der Waals surface area contributed by atoms with Crippen LogP contribution in [0.25, 0.3) is 0 Å². The fourth-order valence-electron chi connectivity index (χ4n) is 1.19. The number of carbonyl (C=O) groups is 1. The van der Waals surface area contributed by atoms with E-state index in [2.05, 4.69) is 19.2 Å².